The summed E-state index contributed by atoms with van der Waals surface area (Å²) in [6.07, 6.45) is -6.02. The maximum atomic E-state index is 13.5. The zero-order chi connectivity index (χ0) is 79.9. The van der Waals surface area contributed by atoms with Gasteiger partial charge in [-0.2, -0.15) is 35.1 Å². The Morgan fingerprint density at radius 2 is 1.03 bits per heavy atom. The minimum atomic E-state index is -4.70. The number of hydrogen-bond acceptors (Lipinski definition) is 15. The van der Waals surface area contributed by atoms with Crippen molar-refractivity contribution in [1.82, 2.24) is 44.9 Å². The number of benzene rings is 5. The van der Waals surface area contributed by atoms with Crippen LogP contribution in [0.2, 0.25) is 28.2 Å². The standard InChI is InChI=1S/C30H35ClF3N5O4.C27H42BN5O3Si.C16H7ClF8O3.6CH4/c1-18(40)28-37-25(16-38(28)3)21-7-5-20(6-8-21)13-23(15-35-27(41)17-39-11-4-12-39)36-29(42)22-9-10-26(24(31)14-22)43-19(2)30(32,33)34;1-20(36-37(6,7)27(2,3)4)26-31-24(17-32(26)5)22-11-9-21(10-12-22)15-23(30-19-28-35)16-29-25(34)18-33-13-8-14-33;1-5(16(23,24)25)27-8-3-2-6(4-7(8)17)15(26)28-14-12(21)10(19)9(18)11(20)13(14)22;;;;;;/h5-10,14,16,18-19,23,40H,4,11-13,15,17H2,1-3H3,(H,35,41)(H,36,42);9-12,17,19-20,23H,8,13-16,18H2,1-7H3,(H,29,34);2-5H,1H3;6*1H4. The molecule has 9 rings (SSSR count). The number of aliphatic hydroxyl groups is 1. The summed E-state index contributed by atoms with van der Waals surface area (Å²) >= 11 is 11.8. The molecule has 7 aromatic rings. The number of esters is 1. The maximum absolute atomic E-state index is 13.5. The summed E-state index contributed by atoms with van der Waals surface area (Å²) in [4.78, 5) is 67.6. The van der Waals surface area contributed by atoms with Crippen LogP contribution in [-0.2, 0) is 45.7 Å². The Balaban J connectivity index is 0.000000850. The number of halogens is 13. The summed E-state index contributed by atoms with van der Waals surface area (Å²) in [5.74, 6) is -15.1. The van der Waals surface area contributed by atoms with Gasteiger partial charge in [0.2, 0.25) is 40.7 Å². The van der Waals surface area contributed by atoms with Gasteiger partial charge in [-0.15, -0.1) is 0 Å². The Hall–Kier alpha value is -8.60. The number of imidazole rings is 2. The third kappa shape index (κ3) is 29.0. The molecule has 2 saturated heterocycles. The Bertz CT molecular complexity index is 4280. The molecule has 0 saturated carbocycles. The molecule has 0 spiro atoms. The number of amides is 3. The molecular weight excluding hydrogens is 1570 g/mol. The third-order valence-electron chi connectivity index (χ3n) is 18.0. The molecule has 2 aliphatic rings. The van der Waals surface area contributed by atoms with Gasteiger partial charge in [-0.1, -0.05) is 113 Å². The first-order valence-corrected chi connectivity index (χ1v) is 37.9. The van der Waals surface area contributed by atoms with Gasteiger partial charge in [-0.25, -0.2) is 22.9 Å². The van der Waals surface area contributed by atoms with Gasteiger partial charge in [0.25, 0.3) is 5.91 Å². The molecule has 0 bridgehead atoms. The molecule has 6 atom stereocenters. The second-order valence-corrected chi connectivity index (χ2v) is 33.1. The van der Waals surface area contributed by atoms with Gasteiger partial charge in [0, 0.05) is 30.9 Å². The number of aliphatic hydroxyl groups excluding tert-OH is 1. The monoisotopic (exact) mass is 1670 g/mol. The molecule has 35 heteroatoms. The Morgan fingerprint density at radius 1 is 0.614 bits per heavy atom. The van der Waals surface area contributed by atoms with Crippen LogP contribution in [0.3, 0.4) is 0 Å². The number of likely N-dealkylation sites (tertiary alicyclic amines) is 2. The van der Waals surface area contributed by atoms with E-state index in [-0.39, 0.29) is 103 Å². The average molecular weight is 1680 g/mol. The summed E-state index contributed by atoms with van der Waals surface area (Å²) in [6, 6.07) is 21.3. The van der Waals surface area contributed by atoms with Gasteiger partial charge in [0.1, 0.15) is 23.4 Å². The van der Waals surface area contributed by atoms with E-state index in [1.165, 1.54) is 24.3 Å². The van der Waals surface area contributed by atoms with Crippen LogP contribution in [0.5, 0.6) is 17.2 Å². The van der Waals surface area contributed by atoms with Crippen molar-refractivity contribution >= 4 is 68.5 Å². The summed E-state index contributed by atoms with van der Waals surface area (Å²) in [5.41, 5.74) is 5.05. The number of aryl methyl sites for hydroxylation is 2. The first kappa shape index (κ1) is 103. The summed E-state index contributed by atoms with van der Waals surface area (Å²) in [6.45, 7) is 21.5. The number of aromatic nitrogens is 4. The molecule has 6 unspecified atom stereocenters. The van der Waals surface area contributed by atoms with Crippen molar-refractivity contribution in [3.63, 3.8) is 0 Å². The molecule has 632 valence electrons. The van der Waals surface area contributed by atoms with E-state index < -0.39 is 108 Å². The number of ether oxygens (including phenoxy) is 3. The summed E-state index contributed by atoms with van der Waals surface area (Å²) in [7, 11) is 2.58. The number of rotatable bonds is 28. The summed E-state index contributed by atoms with van der Waals surface area (Å²) < 4.78 is 177. The second kappa shape index (κ2) is 45.1. The quantitative estimate of drug-likeness (QED) is 0.00680. The number of nitrogens with one attached hydrogen (secondary N) is 3. The van der Waals surface area contributed by atoms with Crippen molar-refractivity contribution in [2.24, 2.45) is 19.1 Å². The molecule has 4 heterocycles. The zero-order valence-corrected chi connectivity index (χ0v) is 63.5. The fourth-order valence-corrected chi connectivity index (χ4v) is 12.3. The Labute approximate surface area is 673 Å². The van der Waals surface area contributed by atoms with Crippen LogP contribution >= 0.6 is 23.2 Å². The van der Waals surface area contributed by atoms with Crippen LogP contribution in [0.25, 0.3) is 22.5 Å². The molecule has 2 fully saturated rings. The van der Waals surface area contributed by atoms with Crippen molar-refractivity contribution in [3.05, 3.63) is 170 Å². The number of alkyl halides is 6. The van der Waals surface area contributed by atoms with Gasteiger partial charge >= 0.3 is 183 Å². The van der Waals surface area contributed by atoms with Crippen molar-refractivity contribution in [1.29, 1.82) is 0 Å². The third-order valence-corrected chi connectivity index (χ3v) is 23.1. The van der Waals surface area contributed by atoms with Gasteiger partial charge in [0.15, 0.2) is 20.5 Å². The first-order chi connectivity index (χ1) is 50.5. The van der Waals surface area contributed by atoms with E-state index in [9.17, 15) is 77.3 Å². The predicted octanol–water partition coefficient (Wildman–Crippen LogP) is 17.7. The number of aliphatic imine (C=N–C) groups is 1. The molecule has 2 aliphatic heterocycles. The molecule has 0 aliphatic carbocycles. The van der Waals surface area contributed by atoms with E-state index in [0.29, 0.717) is 51.5 Å². The van der Waals surface area contributed by atoms with Crippen molar-refractivity contribution in [2.45, 2.75) is 186 Å². The molecule has 5 aromatic carbocycles. The minimum Gasteiger partial charge on any atom is -0.480 e. The number of hydrogen-bond donors (Lipinski definition) is 4. The van der Waals surface area contributed by atoms with Crippen LogP contribution in [0, 0.1) is 29.1 Å². The number of carbonyl (C=O) groups is 4. The van der Waals surface area contributed by atoms with Crippen LogP contribution < -0.4 is 30.2 Å². The minimum absolute atomic E-state index is 0. The average Bonchev–Trinajstić information content (AvgIpc) is 0.984. The first-order valence-electron chi connectivity index (χ1n) is 34.2. The second-order valence-electron chi connectivity index (χ2n) is 27.5. The molecular formula is C79H108BCl2F11N10O10Si. The van der Waals surface area contributed by atoms with Crippen molar-refractivity contribution in [3.8, 4) is 39.8 Å². The number of carbonyl (C=O) groups excluding carboxylic acids is 4. The van der Waals surface area contributed by atoms with Crippen LogP contribution in [-0.4, -0.2) is 168 Å². The van der Waals surface area contributed by atoms with Gasteiger partial charge in [0.05, 0.1) is 33.9 Å². The summed E-state index contributed by atoms with van der Waals surface area (Å²) in [5, 5.41) is 18.2. The Kier molecular flexibility index (Phi) is 40.9. The van der Waals surface area contributed by atoms with E-state index in [4.69, 9.17) is 37.3 Å². The molecule has 20 nitrogen and oxygen atoms in total. The number of nitrogens with zero attached hydrogens (tertiary/aromatic N) is 7. The van der Waals surface area contributed by atoms with Gasteiger partial charge in [-0.3, -0.25) is 14.5 Å². The topological polar surface area (TPSA) is 233 Å². The smallest absolute Gasteiger partial charge is 0.480 e. The SMILES string of the molecule is C.C.C.C.C.C.CC(O)c1nc(-c2ccc(CC(CNC(=O)CN3CCC3)NC(=O)c3ccc(OC(C)C(F)(F)F)c(Cl)c3)cc2)cn1C.CC(O[Si](C)(C)C(C)(C)C)c1nc(-c2ccc(CC(CNC(=O)CN3CCC3)N=CB=O)cc2)cn1C.CC(Oc1ccc(C(=O)Oc2c(F)c(F)c(F)c(F)c2F)cc1Cl)C(F)(F)F. The predicted molar refractivity (Wildman–Crippen MR) is 427 cm³/mol. The van der Waals surface area contributed by atoms with Crippen LogP contribution in [0.15, 0.2) is 102 Å². The van der Waals surface area contributed by atoms with E-state index in [0.717, 1.165) is 97.9 Å². The van der Waals surface area contributed by atoms with Crippen molar-refractivity contribution < 1.29 is 95.9 Å². The van der Waals surface area contributed by atoms with Crippen LogP contribution in [0.4, 0.5) is 48.3 Å². The van der Waals surface area contributed by atoms with E-state index >= 15 is 0 Å². The van der Waals surface area contributed by atoms with E-state index in [2.05, 4.69) is 105 Å². The Morgan fingerprint density at radius 3 is 1.43 bits per heavy atom. The normalized spacial score (nSPS) is 14.3. The molecule has 3 amide bonds. The molecule has 4 N–H and O–H groups in total. The van der Waals surface area contributed by atoms with Crippen LogP contribution in [0.1, 0.15) is 162 Å². The molecule has 2 aromatic heterocycles. The fraction of sp³-hybridized carbons (Fsp3) is 0.481. The van der Waals surface area contributed by atoms with Gasteiger partial charge < -0.3 is 38.9 Å². The zero-order valence-electron chi connectivity index (χ0n) is 61.0. The van der Waals surface area contributed by atoms with Crippen molar-refractivity contribution in [2.75, 3.05) is 52.4 Å². The van der Waals surface area contributed by atoms with E-state index in [1.807, 2.05) is 60.2 Å². The van der Waals surface area contributed by atoms with Gasteiger partial charge in [-0.05, 0) is 114 Å². The molecule has 114 heavy (non-hydrogen) atoms. The molecule has 0 radical (unpaired) electrons. The fourth-order valence-electron chi connectivity index (χ4n) is 10.5. The van der Waals surface area contributed by atoms with E-state index in [1.54, 1.807) is 11.5 Å².